The molecule has 0 saturated heterocycles. The average molecular weight is 391 g/mol. The quantitative estimate of drug-likeness (QED) is 0.714. The van der Waals surface area contributed by atoms with Gasteiger partial charge in [0.1, 0.15) is 5.75 Å². The number of benzene rings is 2. The molecule has 2 aromatic carbocycles. The summed E-state index contributed by atoms with van der Waals surface area (Å²) in [4.78, 5) is 12.5. The summed E-state index contributed by atoms with van der Waals surface area (Å²) in [7, 11) is -1.92. The van der Waals surface area contributed by atoms with Crippen molar-refractivity contribution in [2.75, 3.05) is 19.9 Å². The number of hydrogen-bond donors (Lipinski definition) is 1. The van der Waals surface area contributed by atoms with E-state index in [4.69, 9.17) is 4.74 Å². The molecule has 0 aromatic heterocycles. The van der Waals surface area contributed by atoms with Crippen LogP contribution in [0.1, 0.15) is 30.5 Å². The van der Waals surface area contributed by atoms with E-state index >= 15 is 0 Å². The summed E-state index contributed by atoms with van der Waals surface area (Å²) < 4.78 is 30.5. The van der Waals surface area contributed by atoms with E-state index in [1.807, 2.05) is 61.5 Å². The van der Waals surface area contributed by atoms with Crippen molar-refractivity contribution in [3.05, 3.63) is 65.7 Å². The van der Waals surface area contributed by atoms with Crippen LogP contribution in [0.3, 0.4) is 0 Å². The monoisotopic (exact) mass is 390 g/mol. The van der Waals surface area contributed by atoms with E-state index < -0.39 is 10.0 Å². The van der Waals surface area contributed by atoms with Crippen molar-refractivity contribution in [1.82, 2.24) is 9.62 Å². The molecule has 0 fully saturated rings. The maximum Gasteiger partial charge on any atom is 0.235 e. The molecule has 0 bridgehead atoms. The van der Waals surface area contributed by atoms with E-state index in [0.717, 1.165) is 23.1 Å². The fourth-order valence-electron chi connectivity index (χ4n) is 2.73. The Morgan fingerprint density at radius 2 is 1.74 bits per heavy atom. The van der Waals surface area contributed by atoms with Crippen LogP contribution in [0, 0.1) is 0 Å². The summed E-state index contributed by atoms with van der Waals surface area (Å²) >= 11 is 0. The number of nitrogens with zero attached hydrogens (tertiary/aromatic N) is 1. The number of hydrogen-bond acceptors (Lipinski definition) is 4. The highest BCUT2D eigenvalue weighted by Gasteiger charge is 2.22. The predicted octanol–water partition coefficient (Wildman–Crippen LogP) is 2.72. The Bertz CT molecular complexity index is 836. The van der Waals surface area contributed by atoms with Gasteiger partial charge in [0.25, 0.3) is 0 Å². The summed E-state index contributed by atoms with van der Waals surface area (Å²) in [6, 6.07) is 16.5. The number of carbonyl (C=O) groups is 1. The third kappa shape index (κ3) is 6.37. The fourth-order valence-corrected chi connectivity index (χ4v) is 3.47. The van der Waals surface area contributed by atoms with Crippen LogP contribution in [0.4, 0.5) is 0 Å². The van der Waals surface area contributed by atoms with Crippen molar-refractivity contribution < 1.29 is 17.9 Å². The third-order valence-corrected chi connectivity index (χ3v) is 5.45. The number of sulfonamides is 1. The van der Waals surface area contributed by atoms with Crippen molar-refractivity contribution in [2.45, 2.75) is 25.9 Å². The van der Waals surface area contributed by atoms with Gasteiger partial charge in [-0.15, -0.1) is 0 Å². The number of nitrogens with one attached hydrogen (secondary N) is 1. The van der Waals surface area contributed by atoms with Gasteiger partial charge >= 0.3 is 0 Å². The molecule has 2 rings (SSSR count). The molecule has 1 amide bonds. The van der Waals surface area contributed by atoms with Crippen molar-refractivity contribution in [3.63, 3.8) is 0 Å². The molecule has 0 heterocycles. The van der Waals surface area contributed by atoms with E-state index in [-0.39, 0.29) is 25.0 Å². The van der Waals surface area contributed by atoms with Crippen LogP contribution in [0.5, 0.6) is 5.75 Å². The molecule has 2 aromatic rings. The molecule has 27 heavy (non-hydrogen) atoms. The van der Waals surface area contributed by atoms with Gasteiger partial charge in [-0.25, -0.2) is 8.42 Å². The minimum atomic E-state index is -3.52. The third-order valence-electron chi connectivity index (χ3n) is 4.25. The molecule has 0 aliphatic heterocycles. The van der Waals surface area contributed by atoms with Crippen molar-refractivity contribution in [3.8, 4) is 5.75 Å². The summed E-state index contributed by atoms with van der Waals surface area (Å²) in [5, 5.41) is 2.92. The lowest BCUT2D eigenvalue weighted by Gasteiger charge is -2.22. The smallest absolute Gasteiger partial charge is 0.235 e. The maximum atomic E-state index is 12.5. The molecule has 0 unspecified atom stereocenters. The fraction of sp³-hybridized carbons (Fsp3) is 0.350. The molecule has 0 aliphatic rings. The number of methoxy groups -OCH3 is 1. The van der Waals surface area contributed by atoms with Gasteiger partial charge in [0.05, 0.1) is 26.0 Å². The van der Waals surface area contributed by atoms with E-state index in [0.29, 0.717) is 6.42 Å². The maximum absolute atomic E-state index is 12.5. The first-order valence-electron chi connectivity index (χ1n) is 8.75. The summed E-state index contributed by atoms with van der Waals surface area (Å²) in [6.07, 6.45) is 1.81. The van der Waals surface area contributed by atoms with Gasteiger partial charge in [0.2, 0.25) is 15.9 Å². The van der Waals surface area contributed by atoms with Gasteiger partial charge in [-0.2, -0.15) is 4.31 Å². The van der Waals surface area contributed by atoms with Crippen LogP contribution in [0.25, 0.3) is 0 Å². The zero-order valence-electron chi connectivity index (χ0n) is 15.9. The topological polar surface area (TPSA) is 75.7 Å². The zero-order valence-corrected chi connectivity index (χ0v) is 16.7. The Balaban J connectivity index is 2.06. The molecule has 6 nitrogen and oxygen atoms in total. The van der Waals surface area contributed by atoms with Gasteiger partial charge in [0.15, 0.2) is 0 Å². The summed E-state index contributed by atoms with van der Waals surface area (Å²) in [6.45, 7) is 1.90. The van der Waals surface area contributed by atoms with Gasteiger partial charge in [0, 0.05) is 6.54 Å². The van der Waals surface area contributed by atoms with Crippen LogP contribution < -0.4 is 10.1 Å². The Hall–Kier alpha value is -2.38. The Morgan fingerprint density at radius 1 is 1.11 bits per heavy atom. The van der Waals surface area contributed by atoms with Crippen molar-refractivity contribution in [1.29, 1.82) is 0 Å². The van der Waals surface area contributed by atoms with Crippen molar-refractivity contribution >= 4 is 15.9 Å². The number of rotatable bonds is 9. The molecule has 0 radical (unpaired) electrons. The molecular weight excluding hydrogens is 364 g/mol. The van der Waals surface area contributed by atoms with Crippen LogP contribution in [0.2, 0.25) is 0 Å². The standard InChI is InChI=1S/C20H26N2O4S/c1-4-19(17-10-12-18(26-2)13-11-17)21-20(23)15-22(27(3,24)25)14-16-8-6-5-7-9-16/h5-13,19H,4,14-15H2,1-3H3,(H,21,23)/t19-/m1/s1. The van der Waals surface area contributed by atoms with E-state index in [9.17, 15) is 13.2 Å². The van der Waals surface area contributed by atoms with Crippen LogP contribution >= 0.6 is 0 Å². The summed E-state index contributed by atoms with van der Waals surface area (Å²) in [5.74, 6) is 0.407. The first-order chi connectivity index (χ1) is 12.8. The molecule has 1 N–H and O–H groups in total. The van der Waals surface area contributed by atoms with E-state index in [2.05, 4.69) is 5.32 Å². The normalized spacial score (nSPS) is 12.6. The van der Waals surface area contributed by atoms with Crippen LogP contribution in [0.15, 0.2) is 54.6 Å². The van der Waals surface area contributed by atoms with Gasteiger partial charge in [-0.1, -0.05) is 49.4 Å². The lowest BCUT2D eigenvalue weighted by Crippen LogP contribution is -2.41. The Morgan fingerprint density at radius 3 is 2.26 bits per heavy atom. The summed E-state index contributed by atoms with van der Waals surface area (Å²) in [5.41, 5.74) is 1.78. The number of ether oxygens (including phenoxy) is 1. The molecule has 0 aliphatic carbocycles. The largest absolute Gasteiger partial charge is 0.497 e. The SMILES string of the molecule is CC[C@@H](NC(=O)CN(Cc1ccccc1)S(C)(=O)=O)c1ccc(OC)cc1. The molecule has 0 saturated carbocycles. The zero-order chi connectivity index (χ0) is 19.9. The predicted molar refractivity (Wildman–Crippen MR) is 106 cm³/mol. The molecule has 146 valence electrons. The van der Waals surface area contributed by atoms with Crippen LogP contribution in [-0.2, 0) is 21.4 Å². The van der Waals surface area contributed by atoms with Crippen molar-refractivity contribution in [2.24, 2.45) is 0 Å². The number of amides is 1. The van der Waals surface area contributed by atoms with Gasteiger partial charge in [-0.05, 0) is 29.7 Å². The second kappa shape index (κ2) is 9.53. The molecular formula is C20H26N2O4S. The van der Waals surface area contributed by atoms with E-state index in [1.54, 1.807) is 7.11 Å². The second-order valence-electron chi connectivity index (χ2n) is 6.32. The molecule has 7 heteroatoms. The minimum absolute atomic E-state index is 0.159. The lowest BCUT2D eigenvalue weighted by atomic mass is 10.0. The highest BCUT2D eigenvalue weighted by molar-refractivity contribution is 7.88. The minimum Gasteiger partial charge on any atom is -0.497 e. The Kier molecular flexibility index (Phi) is 7.38. The highest BCUT2D eigenvalue weighted by Crippen LogP contribution is 2.20. The van der Waals surface area contributed by atoms with Gasteiger partial charge < -0.3 is 10.1 Å². The lowest BCUT2D eigenvalue weighted by molar-refractivity contribution is -0.122. The molecule has 1 atom stereocenters. The number of carbonyl (C=O) groups excluding carboxylic acids is 1. The van der Waals surface area contributed by atoms with E-state index in [1.165, 1.54) is 4.31 Å². The Labute approximate surface area is 161 Å². The molecule has 0 spiro atoms. The highest BCUT2D eigenvalue weighted by atomic mass is 32.2. The first kappa shape index (κ1) is 20.9. The van der Waals surface area contributed by atoms with Crippen LogP contribution in [-0.4, -0.2) is 38.5 Å². The first-order valence-corrected chi connectivity index (χ1v) is 10.6. The van der Waals surface area contributed by atoms with Gasteiger partial charge in [-0.3, -0.25) is 4.79 Å². The second-order valence-corrected chi connectivity index (χ2v) is 8.30. The average Bonchev–Trinajstić information content (AvgIpc) is 2.66.